The lowest BCUT2D eigenvalue weighted by Gasteiger charge is -2.17. The van der Waals surface area contributed by atoms with Gasteiger partial charge in [0.15, 0.2) is 0 Å². The van der Waals surface area contributed by atoms with E-state index in [0.29, 0.717) is 5.75 Å². The highest BCUT2D eigenvalue weighted by molar-refractivity contribution is 7.48. The van der Waals surface area contributed by atoms with Gasteiger partial charge < -0.3 is 9.26 Å². The zero-order valence-corrected chi connectivity index (χ0v) is 11.5. The zero-order valence-electron chi connectivity index (χ0n) is 10.6. The Balaban J connectivity index is 3.08. The van der Waals surface area contributed by atoms with Gasteiger partial charge in [-0.25, -0.2) is 4.57 Å². The summed E-state index contributed by atoms with van der Waals surface area (Å²) in [6.07, 6.45) is 0. The Bertz CT molecular complexity index is 436. The number of ether oxygens (including phenoxy) is 1. The number of hydrogen-bond acceptors (Lipinski definition) is 5. The molecule has 0 aliphatic carbocycles. The van der Waals surface area contributed by atoms with Crippen LogP contribution in [0.5, 0.6) is 11.5 Å². The summed E-state index contributed by atoms with van der Waals surface area (Å²) in [6.45, 7) is 3.70. The van der Waals surface area contributed by atoms with Crippen molar-refractivity contribution in [3.05, 3.63) is 23.3 Å². The Labute approximate surface area is 101 Å². The topological polar surface area (TPSA) is 54.0 Å². The number of aryl methyl sites for hydroxylation is 2. The van der Waals surface area contributed by atoms with Crippen LogP contribution >= 0.6 is 7.82 Å². The summed E-state index contributed by atoms with van der Waals surface area (Å²) in [6, 6.07) is 3.54. The molecule has 1 aromatic carbocycles. The van der Waals surface area contributed by atoms with Crippen LogP contribution in [0.2, 0.25) is 0 Å². The molecular weight excluding hydrogens is 243 g/mol. The monoisotopic (exact) mass is 260 g/mol. The fraction of sp³-hybridized carbons (Fsp3) is 0.455. The predicted molar refractivity (Wildman–Crippen MR) is 64.7 cm³/mol. The van der Waals surface area contributed by atoms with Crippen molar-refractivity contribution in [2.45, 2.75) is 13.8 Å². The van der Waals surface area contributed by atoms with Gasteiger partial charge in [-0.2, -0.15) is 0 Å². The molecule has 5 nitrogen and oxygen atoms in total. The Morgan fingerprint density at radius 1 is 0.941 bits per heavy atom. The van der Waals surface area contributed by atoms with Crippen molar-refractivity contribution in [2.24, 2.45) is 0 Å². The predicted octanol–water partition coefficient (Wildman–Crippen LogP) is 3.09. The van der Waals surface area contributed by atoms with Crippen molar-refractivity contribution < 1.29 is 22.9 Å². The molecule has 1 rings (SSSR count). The summed E-state index contributed by atoms with van der Waals surface area (Å²) in [5.41, 5.74) is 1.67. The van der Waals surface area contributed by atoms with Gasteiger partial charge in [0.25, 0.3) is 0 Å². The van der Waals surface area contributed by atoms with Crippen molar-refractivity contribution >= 4 is 7.82 Å². The van der Waals surface area contributed by atoms with E-state index in [1.54, 1.807) is 19.2 Å². The minimum Gasteiger partial charge on any atom is -0.496 e. The van der Waals surface area contributed by atoms with E-state index >= 15 is 0 Å². The van der Waals surface area contributed by atoms with Crippen molar-refractivity contribution in [1.82, 2.24) is 0 Å². The van der Waals surface area contributed by atoms with Crippen LogP contribution in [0.1, 0.15) is 11.1 Å². The second kappa shape index (κ2) is 5.54. The zero-order chi connectivity index (χ0) is 13.1. The molecule has 1 aromatic rings. The Morgan fingerprint density at radius 3 is 1.88 bits per heavy atom. The Kier molecular flexibility index (Phi) is 4.57. The number of benzene rings is 1. The van der Waals surface area contributed by atoms with E-state index in [0.717, 1.165) is 16.9 Å². The van der Waals surface area contributed by atoms with Crippen LogP contribution in [0.3, 0.4) is 0 Å². The van der Waals surface area contributed by atoms with Gasteiger partial charge in [0, 0.05) is 14.2 Å². The van der Waals surface area contributed by atoms with Crippen LogP contribution in [0.4, 0.5) is 0 Å². The normalized spacial score (nSPS) is 11.4. The van der Waals surface area contributed by atoms with Crippen LogP contribution in [0, 0.1) is 13.8 Å². The van der Waals surface area contributed by atoms with Crippen LogP contribution < -0.4 is 9.26 Å². The highest BCUT2D eigenvalue weighted by Gasteiger charge is 2.25. The maximum atomic E-state index is 11.8. The van der Waals surface area contributed by atoms with E-state index in [4.69, 9.17) is 18.3 Å². The van der Waals surface area contributed by atoms with E-state index in [1.165, 1.54) is 14.2 Å². The maximum absolute atomic E-state index is 11.8. The average molecular weight is 260 g/mol. The molecule has 0 unspecified atom stereocenters. The van der Waals surface area contributed by atoms with Gasteiger partial charge in [0.1, 0.15) is 11.5 Å². The quantitative estimate of drug-likeness (QED) is 0.761. The first-order chi connectivity index (χ1) is 7.95. The van der Waals surface area contributed by atoms with Gasteiger partial charge in [-0.15, -0.1) is 0 Å². The maximum Gasteiger partial charge on any atom is 0.529 e. The number of phosphoric ester groups is 1. The first kappa shape index (κ1) is 14.0. The Hall–Kier alpha value is -1.03. The first-order valence-corrected chi connectivity index (χ1v) is 6.48. The molecule has 0 aliphatic heterocycles. The third-order valence-corrected chi connectivity index (χ3v) is 3.66. The van der Waals surface area contributed by atoms with E-state index in [-0.39, 0.29) is 0 Å². The summed E-state index contributed by atoms with van der Waals surface area (Å²) < 4.78 is 31.7. The number of rotatable bonds is 5. The molecule has 0 amide bonds. The fourth-order valence-corrected chi connectivity index (χ4v) is 2.09. The molecule has 17 heavy (non-hydrogen) atoms. The van der Waals surface area contributed by atoms with Crippen molar-refractivity contribution in [3.63, 3.8) is 0 Å². The molecule has 96 valence electrons. The fourth-order valence-electron chi connectivity index (χ4n) is 1.35. The van der Waals surface area contributed by atoms with Crippen molar-refractivity contribution in [2.75, 3.05) is 21.3 Å². The Morgan fingerprint density at radius 2 is 1.41 bits per heavy atom. The smallest absolute Gasteiger partial charge is 0.496 e. The van der Waals surface area contributed by atoms with Crippen molar-refractivity contribution in [1.29, 1.82) is 0 Å². The SMILES string of the molecule is COc1cc(C)c(OP(=O)(OC)OC)cc1C. The van der Waals surface area contributed by atoms with Gasteiger partial charge in [0.05, 0.1) is 7.11 Å². The average Bonchev–Trinajstić information content (AvgIpc) is 2.33. The third kappa shape index (κ3) is 3.22. The molecular formula is C11H17O5P. The molecule has 0 bridgehead atoms. The van der Waals surface area contributed by atoms with E-state index < -0.39 is 7.82 Å². The molecule has 0 saturated carbocycles. The molecule has 0 radical (unpaired) electrons. The second-order valence-corrected chi connectivity index (χ2v) is 5.30. The van der Waals surface area contributed by atoms with Gasteiger partial charge in [0.2, 0.25) is 0 Å². The molecule has 0 fully saturated rings. The standard InChI is InChI=1S/C11H17O5P/c1-8-7-11(9(2)6-10(8)13-3)16-17(12,14-4)15-5/h6-7H,1-5H3. The van der Waals surface area contributed by atoms with Gasteiger partial charge >= 0.3 is 7.82 Å². The lowest BCUT2D eigenvalue weighted by molar-refractivity contribution is 0.210. The van der Waals surface area contributed by atoms with Gasteiger partial charge in [-0.05, 0) is 37.1 Å². The van der Waals surface area contributed by atoms with E-state index in [9.17, 15) is 4.57 Å². The summed E-state index contributed by atoms with van der Waals surface area (Å²) >= 11 is 0. The summed E-state index contributed by atoms with van der Waals surface area (Å²) in [5, 5.41) is 0. The number of phosphoric acid groups is 1. The minimum atomic E-state index is -3.51. The third-order valence-electron chi connectivity index (χ3n) is 2.35. The number of methoxy groups -OCH3 is 1. The minimum absolute atomic E-state index is 0.454. The van der Waals surface area contributed by atoms with Gasteiger partial charge in [-0.3, -0.25) is 9.05 Å². The highest BCUT2D eigenvalue weighted by Crippen LogP contribution is 2.49. The number of hydrogen-bond donors (Lipinski definition) is 0. The summed E-state index contributed by atoms with van der Waals surface area (Å²) in [5.74, 6) is 1.20. The second-order valence-electron chi connectivity index (χ2n) is 3.49. The molecule has 0 heterocycles. The summed E-state index contributed by atoms with van der Waals surface area (Å²) in [4.78, 5) is 0. The summed E-state index contributed by atoms with van der Waals surface area (Å²) in [7, 11) is 0.628. The van der Waals surface area contributed by atoms with Crippen LogP contribution in [0.15, 0.2) is 12.1 Å². The molecule has 0 aliphatic rings. The molecule has 6 heteroatoms. The molecule has 0 atom stereocenters. The van der Waals surface area contributed by atoms with E-state index in [1.807, 2.05) is 13.8 Å². The van der Waals surface area contributed by atoms with E-state index in [2.05, 4.69) is 0 Å². The van der Waals surface area contributed by atoms with Crippen LogP contribution in [0.25, 0.3) is 0 Å². The molecule has 0 N–H and O–H groups in total. The lowest BCUT2D eigenvalue weighted by Crippen LogP contribution is -1.99. The molecule has 0 spiro atoms. The molecule has 0 aromatic heterocycles. The van der Waals surface area contributed by atoms with Gasteiger partial charge in [-0.1, -0.05) is 0 Å². The van der Waals surface area contributed by atoms with Crippen LogP contribution in [-0.2, 0) is 13.6 Å². The van der Waals surface area contributed by atoms with Crippen molar-refractivity contribution in [3.8, 4) is 11.5 Å². The van der Waals surface area contributed by atoms with Crippen LogP contribution in [-0.4, -0.2) is 21.3 Å². The largest absolute Gasteiger partial charge is 0.529 e. The lowest BCUT2D eigenvalue weighted by atomic mass is 10.1. The highest BCUT2D eigenvalue weighted by atomic mass is 31.2. The first-order valence-electron chi connectivity index (χ1n) is 5.02. The molecule has 0 saturated heterocycles.